The zero-order valence-electron chi connectivity index (χ0n) is 15.7. The molecule has 4 heterocycles. The highest BCUT2D eigenvalue weighted by Gasteiger charge is 2.35. The number of halogens is 2. The van der Waals surface area contributed by atoms with Crippen LogP contribution in [0.15, 0.2) is 24.4 Å². The van der Waals surface area contributed by atoms with E-state index < -0.39 is 17.2 Å². The zero-order valence-corrected chi connectivity index (χ0v) is 15.7. The van der Waals surface area contributed by atoms with Crippen molar-refractivity contribution in [3.05, 3.63) is 36.0 Å². The van der Waals surface area contributed by atoms with E-state index in [1.807, 2.05) is 6.92 Å². The van der Waals surface area contributed by atoms with Crippen molar-refractivity contribution in [1.82, 2.24) is 25.5 Å². The lowest BCUT2D eigenvalue weighted by Gasteiger charge is -2.41. The lowest BCUT2D eigenvalue weighted by molar-refractivity contribution is 0.0145. The van der Waals surface area contributed by atoms with Gasteiger partial charge in [0, 0.05) is 37.3 Å². The molecule has 1 saturated heterocycles. The quantitative estimate of drug-likeness (QED) is 0.635. The highest BCUT2D eigenvalue weighted by molar-refractivity contribution is 5.89. The summed E-state index contributed by atoms with van der Waals surface area (Å²) in [6.45, 7) is 5.06. The molecule has 0 spiro atoms. The summed E-state index contributed by atoms with van der Waals surface area (Å²) < 4.78 is 29.2. The minimum Gasteiger partial charge on any atom is -0.388 e. The SMILES string of the molecule is CCC(C)(O)[C@@H]1CN(c2nc(-c3n[nH]c4ncccc34)c(F)cc2F)CCN1. The summed E-state index contributed by atoms with van der Waals surface area (Å²) in [5.74, 6) is -1.48. The van der Waals surface area contributed by atoms with Crippen LogP contribution in [-0.2, 0) is 0 Å². The van der Waals surface area contributed by atoms with Crippen LogP contribution in [0.5, 0.6) is 0 Å². The van der Waals surface area contributed by atoms with Crippen molar-refractivity contribution in [2.45, 2.75) is 31.9 Å². The first-order valence-electron chi connectivity index (χ1n) is 9.27. The van der Waals surface area contributed by atoms with Crippen LogP contribution in [0.1, 0.15) is 20.3 Å². The normalized spacial score (nSPS) is 19.8. The third-order valence-corrected chi connectivity index (χ3v) is 5.41. The fraction of sp³-hybridized carbons (Fsp3) is 0.421. The lowest BCUT2D eigenvalue weighted by Crippen LogP contribution is -2.60. The molecule has 4 rings (SSSR count). The predicted octanol–water partition coefficient (Wildman–Crippen LogP) is 2.24. The fourth-order valence-corrected chi connectivity index (χ4v) is 3.49. The summed E-state index contributed by atoms with van der Waals surface area (Å²) in [6.07, 6.45) is 2.15. The minimum absolute atomic E-state index is 0.0343. The van der Waals surface area contributed by atoms with E-state index in [2.05, 4.69) is 25.5 Å². The second-order valence-corrected chi connectivity index (χ2v) is 7.26. The topological polar surface area (TPSA) is 90.0 Å². The third-order valence-electron chi connectivity index (χ3n) is 5.41. The maximum atomic E-state index is 14.6. The van der Waals surface area contributed by atoms with Gasteiger partial charge in [0.15, 0.2) is 23.1 Å². The number of nitrogens with one attached hydrogen (secondary N) is 2. The number of rotatable bonds is 4. The Kier molecular flexibility index (Phi) is 4.72. The van der Waals surface area contributed by atoms with Gasteiger partial charge >= 0.3 is 0 Å². The summed E-state index contributed by atoms with van der Waals surface area (Å²) in [5.41, 5.74) is -0.185. The highest BCUT2D eigenvalue weighted by Crippen LogP contribution is 2.30. The van der Waals surface area contributed by atoms with Gasteiger partial charge in [-0.3, -0.25) is 5.10 Å². The van der Waals surface area contributed by atoms with Crippen LogP contribution in [-0.4, -0.2) is 56.5 Å². The summed E-state index contributed by atoms with van der Waals surface area (Å²) in [4.78, 5) is 10.2. The summed E-state index contributed by atoms with van der Waals surface area (Å²) in [6, 6.07) is 4.06. The van der Waals surface area contributed by atoms with Crippen molar-refractivity contribution in [3.63, 3.8) is 0 Å². The first-order chi connectivity index (χ1) is 13.4. The molecule has 0 aromatic carbocycles. The van der Waals surface area contributed by atoms with Crippen LogP contribution >= 0.6 is 0 Å². The summed E-state index contributed by atoms with van der Waals surface area (Å²) >= 11 is 0. The Bertz CT molecular complexity index is 1010. The largest absolute Gasteiger partial charge is 0.388 e. The monoisotopic (exact) mass is 388 g/mol. The average molecular weight is 388 g/mol. The average Bonchev–Trinajstić information content (AvgIpc) is 3.12. The third kappa shape index (κ3) is 3.20. The molecule has 0 bridgehead atoms. The second kappa shape index (κ2) is 7.06. The van der Waals surface area contributed by atoms with E-state index in [-0.39, 0.29) is 23.2 Å². The van der Waals surface area contributed by atoms with Gasteiger partial charge in [-0.25, -0.2) is 18.7 Å². The van der Waals surface area contributed by atoms with Gasteiger partial charge in [-0.1, -0.05) is 6.92 Å². The molecule has 0 amide bonds. The second-order valence-electron chi connectivity index (χ2n) is 7.26. The summed E-state index contributed by atoms with van der Waals surface area (Å²) in [5, 5.41) is 21.3. The molecule has 1 unspecified atom stereocenters. The first kappa shape index (κ1) is 18.7. The molecule has 0 aliphatic carbocycles. The van der Waals surface area contributed by atoms with Crippen molar-refractivity contribution >= 4 is 16.9 Å². The van der Waals surface area contributed by atoms with E-state index in [9.17, 15) is 13.9 Å². The number of aliphatic hydroxyl groups is 1. The van der Waals surface area contributed by atoms with Crippen molar-refractivity contribution in [1.29, 1.82) is 0 Å². The van der Waals surface area contributed by atoms with Crippen molar-refractivity contribution in [3.8, 4) is 11.4 Å². The molecule has 3 aromatic rings. The van der Waals surface area contributed by atoms with Gasteiger partial charge in [0.25, 0.3) is 0 Å². The van der Waals surface area contributed by atoms with Crippen molar-refractivity contribution < 1.29 is 13.9 Å². The molecule has 9 heteroatoms. The van der Waals surface area contributed by atoms with Gasteiger partial charge in [0.2, 0.25) is 0 Å². The smallest absolute Gasteiger partial charge is 0.168 e. The first-order valence-corrected chi connectivity index (χ1v) is 9.27. The number of aromatic nitrogens is 4. The Hall–Kier alpha value is -2.65. The molecular weight excluding hydrogens is 366 g/mol. The number of aromatic amines is 1. The maximum Gasteiger partial charge on any atom is 0.168 e. The molecule has 2 atom stereocenters. The number of piperazine rings is 1. The Balaban J connectivity index is 1.74. The number of H-pyrrole nitrogens is 1. The van der Waals surface area contributed by atoms with E-state index in [1.54, 1.807) is 30.2 Å². The molecule has 1 aliphatic rings. The van der Waals surface area contributed by atoms with Crippen LogP contribution < -0.4 is 10.2 Å². The molecule has 3 aromatic heterocycles. The molecule has 0 saturated carbocycles. The molecule has 148 valence electrons. The number of fused-ring (bicyclic) bond motifs is 1. The van der Waals surface area contributed by atoms with Gasteiger partial charge in [0.1, 0.15) is 11.4 Å². The Morgan fingerprint density at radius 2 is 2.14 bits per heavy atom. The van der Waals surface area contributed by atoms with Crippen LogP contribution in [0.4, 0.5) is 14.6 Å². The van der Waals surface area contributed by atoms with E-state index in [4.69, 9.17) is 0 Å². The van der Waals surface area contributed by atoms with Crippen LogP contribution in [0.25, 0.3) is 22.4 Å². The van der Waals surface area contributed by atoms with Crippen LogP contribution in [0.3, 0.4) is 0 Å². The van der Waals surface area contributed by atoms with Gasteiger partial charge < -0.3 is 15.3 Å². The van der Waals surface area contributed by atoms with E-state index in [1.165, 1.54) is 0 Å². The Labute approximate surface area is 160 Å². The van der Waals surface area contributed by atoms with Gasteiger partial charge in [-0.05, 0) is 25.5 Å². The van der Waals surface area contributed by atoms with Gasteiger partial charge in [-0.15, -0.1) is 0 Å². The lowest BCUT2D eigenvalue weighted by atomic mass is 9.92. The molecule has 3 N–H and O–H groups in total. The fourth-order valence-electron chi connectivity index (χ4n) is 3.49. The Morgan fingerprint density at radius 3 is 2.93 bits per heavy atom. The molecule has 0 radical (unpaired) electrons. The number of hydrogen-bond acceptors (Lipinski definition) is 6. The standard InChI is InChI=1S/C19H22F2N6O/c1-3-19(2,28)14-10-27(8-7-22-14)18-13(21)9-12(20)16(24-18)15-11-5-4-6-23-17(11)26-25-15/h4-6,9,14,22,28H,3,7-8,10H2,1-2H3,(H,23,25,26)/t14-,19?/m0/s1. The molecule has 28 heavy (non-hydrogen) atoms. The van der Waals surface area contributed by atoms with Gasteiger partial charge in [-0.2, -0.15) is 5.10 Å². The van der Waals surface area contributed by atoms with Crippen molar-refractivity contribution in [2.24, 2.45) is 0 Å². The summed E-state index contributed by atoms with van der Waals surface area (Å²) in [7, 11) is 0. The molecular formula is C19H22F2N6O. The van der Waals surface area contributed by atoms with Gasteiger partial charge in [0.05, 0.1) is 11.6 Å². The predicted molar refractivity (Wildman–Crippen MR) is 102 cm³/mol. The van der Waals surface area contributed by atoms with Crippen LogP contribution in [0, 0.1) is 11.6 Å². The number of nitrogens with zero attached hydrogens (tertiary/aromatic N) is 4. The van der Waals surface area contributed by atoms with E-state index >= 15 is 0 Å². The number of hydrogen-bond donors (Lipinski definition) is 3. The van der Waals surface area contributed by atoms with Crippen molar-refractivity contribution in [2.75, 3.05) is 24.5 Å². The zero-order chi connectivity index (χ0) is 19.9. The minimum atomic E-state index is -0.942. The Morgan fingerprint density at radius 1 is 1.32 bits per heavy atom. The van der Waals surface area contributed by atoms with Crippen LogP contribution in [0.2, 0.25) is 0 Å². The van der Waals surface area contributed by atoms with E-state index in [0.29, 0.717) is 37.1 Å². The number of anilines is 1. The number of pyridine rings is 2. The molecule has 1 aliphatic heterocycles. The van der Waals surface area contributed by atoms with E-state index in [0.717, 1.165) is 6.07 Å². The molecule has 7 nitrogen and oxygen atoms in total. The highest BCUT2D eigenvalue weighted by atomic mass is 19.1. The molecule has 1 fully saturated rings. The maximum absolute atomic E-state index is 14.6.